The molecule has 0 aliphatic rings. The van der Waals surface area contributed by atoms with Crippen LogP contribution in [0.5, 0.6) is 0 Å². The lowest BCUT2D eigenvalue weighted by Crippen LogP contribution is -2.35. The second kappa shape index (κ2) is 5.40. The van der Waals surface area contributed by atoms with Crippen LogP contribution in [-0.2, 0) is 4.74 Å². The van der Waals surface area contributed by atoms with Gasteiger partial charge in [0.15, 0.2) is 11.5 Å². The van der Waals surface area contributed by atoms with Gasteiger partial charge in [0.1, 0.15) is 6.07 Å². The number of nitrogens with zero attached hydrogens (tertiary/aromatic N) is 1. The first kappa shape index (κ1) is 13.1. The number of hydrogen-bond acceptors (Lipinski definition) is 3. The summed E-state index contributed by atoms with van der Waals surface area (Å²) in [5.41, 5.74) is 1.17. The van der Waals surface area contributed by atoms with Crippen LogP contribution in [0.4, 0.5) is 0 Å². The highest BCUT2D eigenvalue weighted by molar-refractivity contribution is 5.66. The van der Waals surface area contributed by atoms with Gasteiger partial charge in [-0.2, -0.15) is 5.26 Å². The molecule has 0 radical (unpaired) electrons. The van der Waals surface area contributed by atoms with E-state index in [0.717, 1.165) is 5.56 Å². The fourth-order valence-electron chi connectivity index (χ4n) is 1.46. The molecule has 0 unspecified atom stereocenters. The molecule has 0 atom stereocenters. The van der Waals surface area contributed by atoms with Crippen LogP contribution in [-0.4, -0.2) is 12.6 Å². The van der Waals surface area contributed by atoms with Gasteiger partial charge in [0.05, 0.1) is 7.11 Å². The zero-order valence-electron chi connectivity index (χ0n) is 10.7. The summed E-state index contributed by atoms with van der Waals surface area (Å²) in [6, 6.07) is 11.8. The summed E-state index contributed by atoms with van der Waals surface area (Å²) < 4.78 is 5.33. The van der Waals surface area contributed by atoms with Crippen LogP contribution in [0, 0.1) is 11.3 Å². The van der Waals surface area contributed by atoms with E-state index in [1.165, 1.54) is 0 Å². The molecule has 0 aliphatic carbocycles. The smallest absolute Gasteiger partial charge is 0.160 e. The molecule has 1 N–H and O–H groups in total. The van der Waals surface area contributed by atoms with Crippen molar-refractivity contribution in [2.24, 2.45) is 0 Å². The minimum absolute atomic E-state index is 0.177. The lowest BCUT2D eigenvalue weighted by Gasteiger charge is -2.22. The molecule has 17 heavy (non-hydrogen) atoms. The molecule has 3 heteroatoms. The zero-order chi connectivity index (χ0) is 12.9. The van der Waals surface area contributed by atoms with Gasteiger partial charge in [-0.25, -0.2) is 0 Å². The van der Waals surface area contributed by atoms with Gasteiger partial charge in [0.2, 0.25) is 0 Å². The minimum Gasteiger partial charge on any atom is -0.493 e. The van der Waals surface area contributed by atoms with E-state index in [1.807, 2.05) is 51.1 Å². The fourth-order valence-corrected chi connectivity index (χ4v) is 1.46. The minimum atomic E-state index is -0.177. The standard InChI is InChI=1S/C14H18N2O/c1-14(2,3)16-12(10-15)13(17-4)11-8-6-5-7-9-11/h5-9,16H,1-4H3/b13-12+. The van der Waals surface area contributed by atoms with Crippen molar-refractivity contribution >= 4 is 5.76 Å². The SMILES string of the molecule is CO/C(=C(\C#N)NC(C)(C)C)c1ccccc1. The van der Waals surface area contributed by atoms with Crippen molar-refractivity contribution in [1.82, 2.24) is 5.32 Å². The quantitative estimate of drug-likeness (QED) is 0.641. The molecule has 0 saturated heterocycles. The second-order valence-electron chi connectivity index (χ2n) is 4.76. The van der Waals surface area contributed by atoms with Crippen LogP contribution in [0.2, 0.25) is 0 Å². The average molecular weight is 230 g/mol. The number of benzene rings is 1. The Labute approximate surface area is 103 Å². The predicted octanol–water partition coefficient (Wildman–Crippen LogP) is 2.91. The van der Waals surface area contributed by atoms with Gasteiger partial charge in [-0.3, -0.25) is 0 Å². The topological polar surface area (TPSA) is 45.0 Å². The third kappa shape index (κ3) is 3.84. The Morgan fingerprint density at radius 3 is 2.24 bits per heavy atom. The number of rotatable bonds is 3. The van der Waals surface area contributed by atoms with E-state index in [2.05, 4.69) is 11.4 Å². The van der Waals surface area contributed by atoms with Crippen LogP contribution in [0.15, 0.2) is 36.0 Å². The first-order valence-electron chi connectivity index (χ1n) is 5.50. The summed E-state index contributed by atoms with van der Waals surface area (Å²) in [5.74, 6) is 0.572. The largest absolute Gasteiger partial charge is 0.493 e. The van der Waals surface area contributed by atoms with Gasteiger partial charge in [-0.05, 0) is 20.8 Å². The molecule has 0 bridgehead atoms. The third-order valence-electron chi connectivity index (χ3n) is 2.08. The van der Waals surface area contributed by atoms with E-state index in [1.54, 1.807) is 7.11 Å². The highest BCUT2D eigenvalue weighted by atomic mass is 16.5. The van der Waals surface area contributed by atoms with Crippen molar-refractivity contribution in [2.75, 3.05) is 7.11 Å². The van der Waals surface area contributed by atoms with Gasteiger partial charge in [-0.1, -0.05) is 30.3 Å². The molecule has 90 valence electrons. The van der Waals surface area contributed by atoms with Gasteiger partial charge < -0.3 is 10.1 Å². The van der Waals surface area contributed by atoms with Gasteiger partial charge in [0, 0.05) is 11.1 Å². The van der Waals surface area contributed by atoms with E-state index < -0.39 is 0 Å². The number of methoxy groups -OCH3 is 1. The Kier molecular flexibility index (Phi) is 4.17. The summed E-state index contributed by atoms with van der Waals surface area (Å²) in [7, 11) is 1.57. The maximum atomic E-state index is 9.20. The van der Waals surface area contributed by atoms with Crippen molar-refractivity contribution in [2.45, 2.75) is 26.3 Å². The lowest BCUT2D eigenvalue weighted by atomic mass is 10.1. The van der Waals surface area contributed by atoms with E-state index >= 15 is 0 Å². The molecule has 1 aromatic carbocycles. The van der Waals surface area contributed by atoms with Crippen LogP contribution < -0.4 is 5.32 Å². The lowest BCUT2D eigenvalue weighted by molar-refractivity contribution is 0.360. The number of hydrogen-bond donors (Lipinski definition) is 1. The monoisotopic (exact) mass is 230 g/mol. The van der Waals surface area contributed by atoms with E-state index in [4.69, 9.17) is 4.74 Å². The van der Waals surface area contributed by atoms with Gasteiger partial charge >= 0.3 is 0 Å². The van der Waals surface area contributed by atoms with Crippen molar-refractivity contribution in [3.63, 3.8) is 0 Å². The van der Waals surface area contributed by atoms with Crippen LogP contribution >= 0.6 is 0 Å². The van der Waals surface area contributed by atoms with Gasteiger partial charge in [-0.15, -0.1) is 0 Å². The van der Waals surface area contributed by atoms with Crippen molar-refractivity contribution in [3.8, 4) is 6.07 Å². The summed E-state index contributed by atoms with van der Waals surface area (Å²) in [4.78, 5) is 0. The number of allylic oxidation sites excluding steroid dienone is 1. The molecule has 0 heterocycles. The average Bonchev–Trinajstić information content (AvgIpc) is 2.28. The Morgan fingerprint density at radius 1 is 1.24 bits per heavy atom. The molecule has 0 aromatic heterocycles. The normalized spacial score (nSPS) is 12.4. The molecule has 0 amide bonds. The maximum absolute atomic E-state index is 9.20. The Morgan fingerprint density at radius 2 is 1.82 bits per heavy atom. The molecule has 0 spiro atoms. The summed E-state index contributed by atoms with van der Waals surface area (Å²) >= 11 is 0. The first-order valence-corrected chi connectivity index (χ1v) is 5.50. The second-order valence-corrected chi connectivity index (χ2v) is 4.76. The Balaban J connectivity index is 3.17. The zero-order valence-corrected chi connectivity index (χ0v) is 10.7. The summed E-state index contributed by atoms with van der Waals surface area (Å²) in [6.45, 7) is 6.01. The fraction of sp³-hybridized carbons (Fsp3) is 0.357. The van der Waals surface area contributed by atoms with Crippen LogP contribution in [0.1, 0.15) is 26.3 Å². The summed E-state index contributed by atoms with van der Waals surface area (Å²) in [5, 5.41) is 12.4. The first-order chi connectivity index (χ1) is 7.98. The highest BCUT2D eigenvalue weighted by Gasteiger charge is 2.16. The third-order valence-corrected chi connectivity index (χ3v) is 2.08. The van der Waals surface area contributed by atoms with E-state index in [-0.39, 0.29) is 5.54 Å². The maximum Gasteiger partial charge on any atom is 0.160 e. The molecule has 0 aliphatic heterocycles. The molecule has 0 fully saturated rings. The van der Waals surface area contributed by atoms with Crippen LogP contribution in [0.3, 0.4) is 0 Å². The molecule has 3 nitrogen and oxygen atoms in total. The molecule has 0 saturated carbocycles. The summed E-state index contributed by atoms with van der Waals surface area (Å²) in [6.07, 6.45) is 0. The van der Waals surface area contributed by atoms with E-state index in [0.29, 0.717) is 11.5 Å². The van der Waals surface area contributed by atoms with Crippen molar-refractivity contribution in [1.29, 1.82) is 5.26 Å². The number of ether oxygens (including phenoxy) is 1. The number of nitrogens with one attached hydrogen (secondary N) is 1. The van der Waals surface area contributed by atoms with E-state index in [9.17, 15) is 5.26 Å². The van der Waals surface area contributed by atoms with Gasteiger partial charge in [0.25, 0.3) is 0 Å². The Hall–Kier alpha value is -1.95. The van der Waals surface area contributed by atoms with Crippen molar-refractivity contribution in [3.05, 3.63) is 41.6 Å². The predicted molar refractivity (Wildman–Crippen MR) is 68.9 cm³/mol. The van der Waals surface area contributed by atoms with Crippen molar-refractivity contribution < 1.29 is 4.74 Å². The molecular formula is C14H18N2O. The number of nitriles is 1. The molecule has 1 rings (SSSR count). The highest BCUT2D eigenvalue weighted by Crippen LogP contribution is 2.19. The molecular weight excluding hydrogens is 212 g/mol. The Bertz CT molecular complexity index is 436. The van der Waals surface area contributed by atoms with Crippen LogP contribution in [0.25, 0.3) is 5.76 Å². The molecule has 1 aromatic rings.